The van der Waals surface area contributed by atoms with E-state index < -0.39 is 5.97 Å². The molecule has 30 heavy (non-hydrogen) atoms. The second kappa shape index (κ2) is 7.84. The fourth-order valence-corrected chi connectivity index (χ4v) is 5.04. The molecule has 1 N–H and O–H groups in total. The maximum absolute atomic E-state index is 11.4. The first-order chi connectivity index (χ1) is 14.4. The number of nitro benzene ring substituents is 1. The normalized spacial score (nSPS) is 11.3. The highest BCUT2D eigenvalue weighted by Gasteiger charge is 2.19. The maximum Gasteiger partial charge on any atom is 0.307 e. The summed E-state index contributed by atoms with van der Waals surface area (Å²) in [4.78, 5) is 22.1. The van der Waals surface area contributed by atoms with Crippen molar-refractivity contribution < 1.29 is 14.8 Å². The van der Waals surface area contributed by atoms with Gasteiger partial charge < -0.3 is 5.11 Å². The number of carboxylic acids is 1. The molecule has 4 aromatic rings. The minimum Gasteiger partial charge on any atom is -0.481 e. The third-order valence-electron chi connectivity index (χ3n) is 5.28. The first-order valence-corrected chi connectivity index (χ1v) is 10.4. The molecule has 0 aliphatic rings. The molecule has 7 heteroatoms. The molecule has 0 aliphatic heterocycles. The van der Waals surface area contributed by atoms with Crippen molar-refractivity contribution in [1.82, 2.24) is 3.97 Å². The molecular weight excluding hydrogens is 400 g/mol. The van der Waals surface area contributed by atoms with E-state index in [-0.39, 0.29) is 17.0 Å². The van der Waals surface area contributed by atoms with Gasteiger partial charge in [-0.1, -0.05) is 36.4 Å². The molecule has 0 bridgehead atoms. The van der Waals surface area contributed by atoms with Crippen LogP contribution < -0.4 is 0 Å². The number of aliphatic carboxylic acids is 1. The van der Waals surface area contributed by atoms with Crippen LogP contribution in [0.4, 0.5) is 5.69 Å². The molecule has 152 valence electrons. The largest absolute Gasteiger partial charge is 0.481 e. The number of carbonyl (C=O) groups is 1. The number of fused-ring (bicyclic) bond motifs is 3. The van der Waals surface area contributed by atoms with Crippen LogP contribution in [0.25, 0.3) is 21.8 Å². The number of para-hydroxylation sites is 1. The fraction of sp³-hybridized carbons (Fsp3) is 0.174. The van der Waals surface area contributed by atoms with Crippen molar-refractivity contribution in [3.8, 4) is 0 Å². The summed E-state index contributed by atoms with van der Waals surface area (Å²) in [6, 6.07) is 16.7. The predicted octanol–water partition coefficient (Wildman–Crippen LogP) is 5.64. The molecule has 0 fully saturated rings. The van der Waals surface area contributed by atoms with E-state index in [1.165, 1.54) is 6.07 Å². The average Bonchev–Trinajstić information content (AvgIpc) is 3.05. The number of non-ortho nitro benzene ring substituents is 1. The molecular formula is C23H20N2O4S. The van der Waals surface area contributed by atoms with Crippen LogP contribution in [0.15, 0.2) is 54.6 Å². The molecule has 0 spiro atoms. The summed E-state index contributed by atoms with van der Waals surface area (Å²) in [7, 11) is 0. The monoisotopic (exact) mass is 420 g/mol. The van der Waals surface area contributed by atoms with Gasteiger partial charge in [-0.3, -0.25) is 18.9 Å². The van der Waals surface area contributed by atoms with Gasteiger partial charge in [-0.15, -0.1) is 0 Å². The van der Waals surface area contributed by atoms with Gasteiger partial charge in [0.05, 0.1) is 22.4 Å². The number of aromatic nitrogens is 1. The Kier molecular flexibility index (Phi) is 5.22. The quantitative estimate of drug-likeness (QED) is 0.322. The van der Waals surface area contributed by atoms with Crippen molar-refractivity contribution in [1.29, 1.82) is 0 Å². The highest BCUT2D eigenvalue weighted by Crippen LogP contribution is 2.38. The summed E-state index contributed by atoms with van der Waals surface area (Å²) >= 11 is 1.56. The smallest absolute Gasteiger partial charge is 0.307 e. The minimum atomic E-state index is -0.858. The summed E-state index contributed by atoms with van der Waals surface area (Å²) in [5.74, 6) is -0.305. The van der Waals surface area contributed by atoms with Crippen molar-refractivity contribution in [3.05, 3.63) is 87.0 Å². The topological polar surface area (TPSA) is 85.4 Å². The minimum absolute atomic E-state index is 0.0281. The number of rotatable bonds is 6. The molecule has 0 radical (unpaired) electrons. The average molecular weight is 420 g/mol. The van der Waals surface area contributed by atoms with E-state index >= 15 is 0 Å². The van der Waals surface area contributed by atoms with Crippen LogP contribution in [0.3, 0.4) is 0 Å². The number of carboxylic acid groups (broad SMARTS) is 1. The SMILES string of the molecule is Cc1cc(CC(=O)O)c(C)c2c1c1ccccc1n2SCc1cccc([N+](=O)[O-])c1. The first kappa shape index (κ1) is 20.0. The van der Waals surface area contributed by atoms with E-state index in [9.17, 15) is 20.0 Å². The lowest BCUT2D eigenvalue weighted by Gasteiger charge is -2.12. The zero-order valence-electron chi connectivity index (χ0n) is 16.6. The number of nitrogens with zero attached hydrogens (tertiary/aromatic N) is 2. The van der Waals surface area contributed by atoms with E-state index in [0.717, 1.165) is 44.1 Å². The van der Waals surface area contributed by atoms with Crippen LogP contribution in [-0.2, 0) is 17.0 Å². The highest BCUT2D eigenvalue weighted by molar-refractivity contribution is 7.97. The van der Waals surface area contributed by atoms with Crippen LogP contribution in [0.1, 0.15) is 22.3 Å². The van der Waals surface area contributed by atoms with Crippen LogP contribution in [-0.4, -0.2) is 20.0 Å². The summed E-state index contributed by atoms with van der Waals surface area (Å²) in [6.07, 6.45) is -0.0281. The van der Waals surface area contributed by atoms with Gasteiger partial charge in [-0.25, -0.2) is 0 Å². The number of hydrogen-bond acceptors (Lipinski definition) is 4. The Morgan fingerprint density at radius 3 is 2.63 bits per heavy atom. The lowest BCUT2D eigenvalue weighted by atomic mass is 9.97. The van der Waals surface area contributed by atoms with Gasteiger partial charge >= 0.3 is 5.97 Å². The number of nitro groups is 1. The van der Waals surface area contributed by atoms with Crippen LogP contribution in [0, 0.1) is 24.0 Å². The standard InChI is InChI=1S/C23H20N2O4S/c1-14-10-17(12-21(26)27)15(2)23-22(14)19-8-3-4-9-20(19)24(23)30-13-16-6-5-7-18(11-16)25(28)29/h3-11H,12-13H2,1-2H3,(H,26,27). The molecule has 0 saturated carbocycles. The zero-order valence-corrected chi connectivity index (χ0v) is 17.4. The van der Waals surface area contributed by atoms with Crippen molar-refractivity contribution >= 4 is 45.4 Å². The molecule has 3 aromatic carbocycles. The molecule has 1 heterocycles. The Hall–Kier alpha value is -3.32. The van der Waals surface area contributed by atoms with Crippen LogP contribution >= 0.6 is 11.9 Å². The van der Waals surface area contributed by atoms with E-state index in [1.807, 2.05) is 44.2 Å². The number of benzene rings is 3. The van der Waals surface area contributed by atoms with E-state index in [2.05, 4.69) is 10.0 Å². The third kappa shape index (κ3) is 3.52. The van der Waals surface area contributed by atoms with Crippen LogP contribution in [0.2, 0.25) is 0 Å². The Morgan fingerprint density at radius 1 is 1.13 bits per heavy atom. The van der Waals surface area contributed by atoms with Gasteiger partial charge in [0.25, 0.3) is 5.69 Å². The van der Waals surface area contributed by atoms with Crippen molar-refractivity contribution in [2.45, 2.75) is 26.0 Å². The van der Waals surface area contributed by atoms with Crippen molar-refractivity contribution in [2.75, 3.05) is 0 Å². The number of aryl methyl sites for hydroxylation is 2. The molecule has 0 atom stereocenters. The van der Waals surface area contributed by atoms with E-state index in [1.54, 1.807) is 24.1 Å². The molecule has 6 nitrogen and oxygen atoms in total. The van der Waals surface area contributed by atoms with Gasteiger partial charge in [0.2, 0.25) is 0 Å². The van der Waals surface area contributed by atoms with Gasteiger partial charge in [0.1, 0.15) is 0 Å². The summed E-state index contributed by atoms with van der Waals surface area (Å²) < 4.78 is 2.14. The lowest BCUT2D eigenvalue weighted by molar-refractivity contribution is -0.384. The summed E-state index contributed by atoms with van der Waals surface area (Å²) in [5, 5.41) is 22.6. The third-order valence-corrected chi connectivity index (χ3v) is 6.38. The Bertz CT molecular complexity index is 1310. The fourth-order valence-electron chi connectivity index (χ4n) is 3.92. The predicted molar refractivity (Wildman–Crippen MR) is 120 cm³/mol. The van der Waals surface area contributed by atoms with E-state index in [0.29, 0.717) is 5.75 Å². The summed E-state index contributed by atoms with van der Waals surface area (Å²) in [6.45, 7) is 3.97. The lowest BCUT2D eigenvalue weighted by Crippen LogP contribution is -2.04. The van der Waals surface area contributed by atoms with E-state index in [4.69, 9.17) is 0 Å². The molecule has 4 rings (SSSR count). The molecule has 0 saturated heterocycles. The second-order valence-electron chi connectivity index (χ2n) is 7.28. The Balaban J connectivity index is 1.87. The molecule has 1 aromatic heterocycles. The highest BCUT2D eigenvalue weighted by atomic mass is 32.2. The molecule has 0 aliphatic carbocycles. The molecule has 0 amide bonds. The maximum atomic E-state index is 11.4. The molecule has 0 unspecified atom stereocenters. The zero-order chi connectivity index (χ0) is 21.4. The van der Waals surface area contributed by atoms with Crippen molar-refractivity contribution in [3.63, 3.8) is 0 Å². The van der Waals surface area contributed by atoms with Crippen molar-refractivity contribution in [2.24, 2.45) is 0 Å². The Morgan fingerprint density at radius 2 is 1.90 bits per heavy atom. The van der Waals surface area contributed by atoms with Gasteiger partial charge in [0, 0.05) is 28.7 Å². The first-order valence-electron chi connectivity index (χ1n) is 9.47. The van der Waals surface area contributed by atoms with Gasteiger partial charge in [-0.05, 0) is 54.1 Å². The number of hydrogen-bond donors (Lipinski definition) is 1. The second-order valence-corrected chi connectivity index (χ2v) is 8.20. The Labute approximate surface area is 177 Å². The van der Waals surface area contributed by atoms with Gasteiger partial charge in [0.15, 0.2) is 0 Å². The summed E-state index contributed by atoms with van der Waals surface area (Å²) in [5.41, 5.74) is 5.76. The van der Waals surface area contributed by atoms with Crippen LogP contribution in [0.5, 0.6) is 0 Å². The van der Waals surface area contributed by atoms with Gasteiger partial charge in [-0.2, -0.15) is 0 Å².